The average molecular weight is 344 g/mol. The summed E-state index contributed by atoms with van der Waals surface area (Å²) in [6.07, 6.45) is 5.03. The standard InChI is InChI=1S/C16H10BrNO3/c17-14-8-7-12(20-14)10-13-16(19)21-15(18-13)9-6-11-4-2-1-3-5-11/h1-10H/b9-6+,13-10+. The van der Waals surface area contributed by atoms with Crippen LogP contribution in [-0.4, -0.2) is 11.9 Å². The first-order valence-electron chi connectivity index (χ1n) is 6.22. The summed E-state index contributed by atoms with van der Waals surface area (Å²) >= 11 is 3.20. The van der Waals surface area contributed by atoms with E-state index < -0.39 is 5.97 Å². The highest BCUT2D eigenvalue weighted by Gasteiger charge is 2.21. The van der Waals surface area contributed by atoms with Gasteiger partial charge in [0.2, 0.25) is 5.90 Å². The third kappa shape index (κ3) is 3.38. The lowest BCUT2D eigenvalue weighted by Crippen LogP contribution is -2.00. The van der Waals surface area contributed by atoms with E-state index in [4.69, 9.17) is 9.15 Å². The average Bonchev–Trinajstić information content (AvgIpc) is 3.05. The molecule has 1 aliphatic heterocycles. The molecule has 0 aliphatic carbocycles. The van der Waals surface area contributed by atoms with E-state index in [2.05, 4.69) is 20.9 Å². The van der Waals surface area contributed by atoms with E-state index in [1.165, 1.54) is 6.08 Å². The molecule has 3 rings (SSSR count). The van der Waals surface area contributed by atoms with Gasteiger partial charge >= 0.3 is 5.97 Å². The first-order valence-corrected chi connectivity index (χ1v) is 7.01. The Morgan fingerprint density at radius 1 is 1.05 bits per heavy atom. The molecule has 0 fully saturated rings. The van der Waals surface area contributed by atoms with Crippen molar-refractivity contribution in [2.75, 3.05) is 0 Å². The van der Waals surface area contributed by atoms with Gasteiger partial charge in [0.25, 0.3) is 0 Å². The lowest BCUT2D eigenvalue weighted by Gasteiger charge is -1.92. The summed E-state index contributed by atoms with van der Waals surface area (Å²) < 4.78 is 11.0. The SMILES string of the molecule is O=C1OC(/C=C/c2ccccc2)=NC/1=C/c1ccc(Br)o1. The summed E-state index contributed by atoms with van der Waals surface area (Å²) in [5.74, 6) is 0.307. The first kappa shape index (κ1) is 13.6. The van der Waals surface area contributed by atoms with Crippen molar-refractivity contribution in [2.45, 2.75) is 0 Å². The van der Waals surface area contributed by atoms with Crippen LogP contribution in [0.15, 0.2) is 68.3 Å². The molecule has 0 saturated carbocycles. The number of rotatable bonds is 3. The maximum absolute atomic E-state index is 11.7. The predicted molar refractivity (Wildman–Crippen MR) is 83.4 cm³/mol. The van der Waals surface area contributed by atoms with Crippen LogP contribution < -0.4 is 0 Å². The minimum Gasteiger partial charge on any atom is -0.450 e. The maximum atomic E-state index is 11.7. The van der Waals surface area contributed by atoms with Crippen LogP contribution in [0.3, 0.4) is 0 Å². The highest BCUT2D eigenvalue weighted by atomic mass is 79.9. The molecule has 0 N–H and O–H groups in total. The van der Waals surface area contributed by atoms with Gasteiger partial charge in [-0.05, 0) is 39.7 Å². The summed E-state index contributed by atoms with van der Waals surface area (Å²) in [7, 11) is 0. The molecule has 104 valence electrons. The van der Waals surface area contributed by atoms with Crippen LogP contribution in [0, 0.1) is 0 Å². The first-order chi connectivity index (χ1) is 10.2. The Hall–Kier alpha value is -2.40. The second-order valence-electron chi connectivity index (χ2n) is 4.26. The highest BCUT2D eigenvalue weighted by molar-refractivity contribution is 9.10. The van der Waals surface area contributed by atoms with Crippen LogP contribution in [0.1, 0.15) is 11.3 Å². The molecule has 0 atom stereocenters. The summed E-state index contributed by atoms with van der Waals surface area (Å²) in [6.45, 7) is 0. The summed E-state index contributed by atoms with van der Waals surface area (Å²) in [6, 6.07) is 13.2. The third-order valence-corrected chi connectivity index (χ3v) is 3.15. The van der Waals surface area contributed by atoms with Gasteiger partial charge < -0.3 is 9.15 Å². The van der Waals surface area contributed by atoms with E-state index >= 15 is 0 Å². The molecule has 1 aromatic heterocycles. The van der Waals surface area contributed by atoms with Crippen molar-refractivity contribution in [1.82, 2.24) is 0 Å². The largest absolute Gasteiger partial charge is 0.450 e. The van der Waals surface area contributed by atoms with Gasteiger partial charge in [0.05, 0.1) is 0 Å². The van der Waals surface area contributed by atoms with Gasteiger partial charge in [0.15, 0.2) is 10.4 Å². The van der Waals surface area contributed by atoms with E-state index in [1.807, 2.05) is 36.4 Å². The van der Waals surface area contributed by atoms with Gasteiger partial charge in [-0.25, -0.2) is 9.79 Å². The van der Waals surface area contributed by atoms with Gasteiger partial charge in [-0.1, -0.05) is 30.3 Å². The second-order valence-corrected chi connectivity index (χ2v) is 5.04. The van der Waals surface area contributed by atoms with Crippen LogP contribution in [-0.2, 0) is 9.53 Å². The number of furan rings is 1. The Kier molecular flexibility index (Phi) is 3.83. The number of halogens is 1. The Morgan fingerprint density at radius 3 is 2.57 bits per heavy atom. The van der Waals surface area contributed by atoms with Crippen LogP contribution in [0.25, 0.3) is 12.2 Å². The number of carbonyl (C=O) groups is 1. The number of esters is 1. The fourth-order valence-electron chi connectivity index (χ4n) is 1.77. The summed E-state index contributed by atoms with van der Waals surface area (Å²) in [4.78, 5) is 15.8. The van der Waals surface area contributed by atoms with Crippen LogP contribution in [0.5, 0.6) is 0 Å². The van der Waals surface area contributed by atoms with Crippen molar-refractivity contribution in [2.24, 2.45) is 4.99 Å². The van der Waals surface area contributed by atoms with E-state index in [9.17, 15) is 4.79 Å². The molecule has 2 aromatic rings. The zero-order valence-corrected chi connectivity index (χ0v) is 12.4. The smallest absolute Gasteiger partial charge is 0.363 e. The molecule has 5 heteroatoms. The van der Waals surface area contributed by atoms with Crippen molar-refractivity contribution in [3.8, 4) is 0 Å². The van der Waals surface area contributed by atoms with Crippen molar-refractivity contribution in [3.63, 3.8) is 0 Å². The van der Waals surface area contributed by atoms with Crippen LogP contribution >= 0.6 is 15.9 Å². The molecule has 1 aliphatic rings. The monoisotopic (exact) mass is 343 g/mol. The quantitative estimate of drug-likeness (QED) is 0.623. The van der Waals surface area contributed by atoms with E-state index in [0.717, 1.165) is 5.56 Å². The maximum Gasteiger partial charge on any atom is 0.363 e. The van der Waals surface area contributed by atoms with Gasteiger partial charge in [-0.15, -0.1) is 0 Å². The number of carbonyl (C=O) groups excluding carboxylic acids is 1. The van der Waals surface area contributed by atoms with Crippen LogP contribution in [0.4, 0.5) is 0 Å². The third-order valence-electron chi connectivity index (χ3n) is 2.73. The van der Waals surface area contributed by atoms with Crippen LogP contribution in [0.2, 0.25) is 0 Å². The zero-order valence-electron chi connectivity index (χ0n) is 10.8. The second kappa shape index (κ2) is 5.93. The number of hydrogen-bond donors (Lipinski definition) is 0. The van der Waals surface area contributed by atoms with E-state index in [1.54, 1.807) is 18.2 Å². The fourth-order valence-corrected chi connectivity index (χ4v) is 2.09. The Morgan fingerprint density at radius 2 is 1.86 bits per heavy atom. The van der Waals surface area contributed by atoms with Gasteiger partial charge in [-0.3, -0.25) is 0 Å². The molecule has 21 heavy (non-hydrogen) atoms. The number of nitrogens with zero attached hydrogens (tertiary/aromatic N) is 1. The van der Waals surface area contributed by atoms with E-state index in [-0.39, 0.29) is 11.6 Å². The number of hydrogen-bond acceptors (Lipinski definition) is 4. The lowest BCUT2D eigenvalue weighted by molar-refractivity contribution is -0.129. The molecular weight excluding hydrogens is 334 g/mol. The normalized spacial score (nSPS) is 16.5. The Balaban J connectivity index is 1.79. The minimum absolute atomic E-state index is 0.213. The molecule has 4 nitrogen and oxygen atoms in total. The minimum atomic E-state index is -0.491. The molecule has 0 bridgehead atoms. The fraction of sp³-hybridized carbons (Fsp3) is 0. The van der Waals surface area contributed by atoms with Crippen molar-refractivity contribution in [3.05, 3.63) is 70.2 Å². The topological polar surface area (TPSA) is 51.8 Å². The van der Waals surface area contributed by atoms with Gasteiger partial charge in [0.1, 0.15) is 5.76 Å². The lowest BCUT2D eigenvalue weighted by atomic mass is 10.2. The van der Waals surface area contributed by atoms with Crippen molar-refractivity contribution >= 4 is 39.9 Å². The van der Waals surface area contributed by atoms with E-state index in [0.29, 0.717) is 10.4 Å². The summed E-state index contributed by atoms with van der Waals surface area (Å²) in [5.41, 5.74) is 1.22. The molecule has 2 heterocycles. The van der Waals surface area contributed by atoms with Gasteiger partial charge in [-0.2, -0.15) is 0 Å². The number of ether oxygens (including phenoxy) is 1. The van der Waals surface area contributed by atoms with Gasteiger partial charge in [0, 0.05) is 12.2 Å². The number of aliphatic imine (C=N–C) groups is 1. The zero-order chi connectivity index (χ0) is 14.7. The molecule has 0 spiro atoms. The number of benzene rings is 1. The number of cyclic esters (lactones) is 1. The molecule has 0 amide bonds. The Bertz CT molecular complexity index is 757. The van der Waals surface area contributed by atoms with Crippen molar-refractivity contribution < 1.29 is 13.9 Å². The predicted octanol–water partition coefficient (Wildman–Crippen LogP) is 4.05. The molecular formula is C16H10BrNO3. The molecule has 0 saturated heterocycles. The molecule has 1 aromatic carbocycles. The highest BCUT2D eigenvalue weighted by Crippen LogP contribution is 2.20. The van der Waals surface area contributed by atoms with Crippen molar-refractivity contribution in [1.29, 1.82) is 0 Å². The molecule has 0 unspecified atom stereocenters. The summed E-state index contributed by atoms with van der Waals surface area (Å²) in [5, 5.41) is 0. The molecule has 0 radical (unpaired) electrons. The Labute approximate surface area is 129 Å².